The summed E-state index contributed by atoms with van der Waals surface area (Å²) in [6.45, 7) is 2.09. The highest BCUT2D eigenvalue weighted by atomic mass is 79.9. The minimum absolute atomic E-state index is 0.301. The largest absolute Gasteiger partial charge is 0.258 e. The molecule has 2 nitrogen and oxygen atoms in total. The molecule has 0 radical (unpaired) electrons. The van der Waals surface area contributed by atoms with Gasteiger partial charge in [-0.25, -0.2) is 0 Å². The zero-order chi connectivity index (χ0) is 13.2. The number of hydrogen-bond acceptors (Lipinski definition) is 2. The minimum Gasteiger partial charge on any atom is -0.258 e. The van der Waals surface area contributed by atoms with Gasteiger partial charge in [-0.05, 0) is 36.8 Å². The van der Waals surface area contributed by atoms with E-state index in [0.29, 0.717) is 6.04 Å². The van der Waals surface area contributed by atoms with Crippen LogP contribution >= 0.6 is 15.9 Å². The number of anilines is 1. The lowest BCUT2D eigenvalue weighted by Crippen LogP contribution is -2.18. The van der Waals surface area contributed by atoms with Crippen molar-refractivity contribution in [3.63, 3.8) is 0 Å². The average Bonchev–Trinajstić information content (AvgIpc) is 2.83. The number of rotatable bonds is 2. The quantitative estimate of drug-likeness (QED) is 0.779. The fraction of sp³-hybridized carbons (Fsp3) is 0.188. The summed E-state index contributed by atoms with van der Waals surface area (Å²) >= 11 is 3.48. The highest BCUT2D eigenvalue weighted by Crippen LogP contribution is 2.35. The van der Waals surface area contributed by atoms with E-state index in [2.05, 4.69) is 81.5 Å². The summed E-state index contributed by atoms with van der Waals surface area (Å²) in [6.07, 6.45) is 0.983. The van der Waals surface area contributed by atoms with Crippen LogP contribution in [0.2, 0.25) is 0 Å². The van der Waals surface area contributed by atoms with Crippen molar-refractivity contribution in [2.75, 3.05) is 5.01 Å². The maximum Gasteiger partial charge on any atom is 0.0828 e. The normalized spacial score (nSPS) is 18.5. The maximum absolute atomic E-state index is 4.68. The summed E-state index contributed by atoms with van der Waals surface area (Å²) in [5.74, 6) is 0. The third-order valence-corrected chi connectivity index (χ3v) is 3.87. The monoisotopic (exact) mass is 314 g/mol. The number of benzene rings is 2. The van der Waals surface area contributed by atoms with Gasteiger partial charge in [-0.3, -0.25) is 5.01 Å². The summed E-state index contributed by atoms with van der Waals surface area (Å²) in [4.78, 5) is 0. The highest BCUT2D eigenvalue weighted by Gasteiger charge is 2.26. The van der Waals surface area contributed by atoms with Crippen LogP contribution in [-0.4, -0.2) is 5.71 Å². The van der Waals surface area contributed by atoms with E-state index >= 15 is 0 Å². The fourth-order valence-corrected chi connectivity index (χ4v) is 2.69. The van der Waals surface area contributed by atoms with E-state index in [1.165, 1.54) is 11.3 Å². The van der Waals surface area contributed by atoms with Gasteiger partial charge in [-0.1, -0.05) is 46.3 Å². The van der Waals surface area contributed by atoms with Gasteiger partial charge in [-0.2, -0.15) is 5.10 Å². The molecule has 1 heterocycles. The molecule has 0 aliphatic carbocycles. The zero-order valence-corrected chi connectivity index (χ0v) is 12.3. The third-order valence-electron chi connectivity index (χ3n) is 3.34. The topological polar surface area (TPSA) is 15.6 Å². The molecule has 19 heavy (non-hydrogen) atoms. The standard InChI is InChI=1S/C16H15BrN2/c1-12-11-16(13-7-9-14(17)10-8-13)19(18-12)15-5-3-2-4-6-15/h2-10,16H,11H2,1H3/t16-/m0/s1. The van der Waals surface area contributed by atoms with Crippen molar-refractivity contribution in [1.29, 1.82) is 0 Å². The van der Waals surface area contributed by atoms with E-state index in [0.717, 1.165) is 16.6 Å². The number of halogens is 1. The molecule has 1 aliphatic rings. The average molecular weight is 315 g/mol. The molecular formula is C16H15BrN2. The second-order valence-corrected chi connectivity index (χ2v) is 5.70. The molecule has 0 aromatic heterocycles. The highest BCUT2D eigenvalue weighted by molar-refractivity contribution is 9.10. The Labute approximate surface area is 121 Å². The van der Waals surface area contributed by atoms with E-state index in [4.69, 9.17) is 0 Å². The van der Waals surface area contributed by atoms with Crippen LogP contribution in [0.1, 0.15) is 24.9 Å². The molecule has 3 rings (SSSR count). The molecule has 0 fully saturated rings. The lowest BCUT2D eigenvalue weighted by molar-refractivity contribution is 0.708. The van der Waals surface area contributed by atoms with Crippen LogP contribution in [-0.2, 0) is 0 Å². The second-order valence-electron chi connectivity index (χ2n) is 4.79. The Bertz CT molecular complexity index is 590. The number of nitrogens with zero attached hydrogens (tertiary/aromatic N) is 2. The Hall–Kier alpha value is -1.61. The van der Waals surface area contributed by atoms with E-state index in [9.17, 15) is 0 Å². The summed E-state index contributed by atoms with van der Waals surface area (Å²) in [7, 11) is 0. The molecule has 0 amide bonds. The van der Waals surface area contributed by atoms with Crippen molar-refractivity contribution in [2.24, 2.45) is 5.10 Å². The maximum atomic E-state index is 4.68. The van der Waals surface area contributed by atoms with Gasteiger partial charge < -0.3 is 0 Å². The van der Waals surface area contributed by atoms with Crippen LogP contribution in [0.25, 0.3) is 0 Å². The van der Waals surface area contributed by atoms with Crippen LogP contribution in [0.5, 0.6) is 0 Å². The molecule has 96 valence electrons. The molecule has 3 heteroatoms. The molecule has 0 saturated heterocycles. The Kier molecular flexibility index (Phi) is 3.38. The molecule has 2 aromatic carbocycles. The van der Waals surface area contributed by atoms with Crippen LogP contribution in [0.3, 0.4) is 0 Å². The Balaban J connectivity index is 1.95. The summed E-state index contributed by atoms with van der Waals surface area (Å²) in [5, 5.41) is 6.80. The lowest BCUT2D eigenvalue weighted by Gasteiger charge is -2.24. The van der Waals surface area contributed by atoms with Gasteiger partial charge in [0.15, 0.2) is 0 Å². The second kappa shape index (κ2) is 5.17. The molecule has 1 aliphatic heterocycles. The molecular weight excluding hydrogens is 300 g/mol. The predicted molar refractivity (Wildman–Crippen MR) is 83.5 cm³/mol. The van der Waals surface area contributed by atoms with Crippen molar-refractivity contribution in [3.05, 3.63) is 64.6 Å². The van der Waals surface area contributed by atoms with E-state index < -0.39 is 0 Å². The minimum atomic E-state index is 0.301. The summed E-state index contributed by atoms with van der Waals surface area (Å²) in [5.41, 5.74) is 3.62. The van der Waals surface area contributed by atoms with Crippen molar-refractivity contribution >= 4 is 27.3 Å². The smallest absolute Gasteiger partial charge is 0.0828 e. The SMILES string of the molecule is CC1=NN(c2ccccc2)[C@H](c2ccc(Br)cc2)C1. The molecule has 0 N–H and O–H groups in total. The van der Waals surface area contributed by atoms with Crippen LogP contribution < -0.4 is 5.01 Å². The van der Waals surface area contributed by atoms with Gasteiger partial charge in [0, 0.05) is 16.6 Å². The van der Waals surface area contributed by atoms with Crippen molar-refractivity contribution in [1.82, 2.24) is 0 Å². The summed E-state index contributed by atoms with van der Waals surface area (Å²) in [6, 6.07) is 19.2. The van der Waals surface area contributed by atoms with Gasteiger partial charge in [0.2, 0.25) is 0 Å². The van der Waals surface area contributed by atoms with Crippen molar-refractivity contribution in [2.45, 2.75) is 19.4 Å². The van der Waals surface area contributed by atoms with Crippen LogP contribution in [0.4, 0.5) is 5.69 Å². The Morgan fingerprint density at radius 1 is 1.05 bits per heavy atom. The zero-order valence-electron chi connectivity index (χ0n) is 10.8. The third kappa shape index (κ3) is 2.56. The van der Waals surface area contributed by atoms with Gasteiger partial charge in [0.25, 0.3) is 0 Å². The Morgan fingerprint density at radius 3 is 2.42 bits per heavy atom. The predicted octanol–water partition coefficient (Wildman–Crippen LogP) is 4.78. The number of hydrazone groups is 1. The lowest BCUT2D eigenvalue weighted by atomic mass is 10.0. The first kappa shape index (κ1) is 12.4. The van der Waals surface area contributed by atoms with Crippen molar-refractivity contribution < 1.29 is 0 Å². The molecule has 1 atom stereocenters. The molecule has 0 bridgehead atoms. The van der Waals surface area contributed by atoms with E-state index in [-0.39, 0.29) is 0 Å². The summed E-state index contributed by atoms with van der Waals surface area (Å²) < 4.78 is 1.11. The van der Waals surface area contributed by atoms with Crippen molar-refractivity contribution in [3.8, 4) is 0 Å². The van der Waals surface area contributed by atoms with E-state index in [1.54, 1.807) is 0 Å². The van der Waals surface area contributed by atoms with Crippen LogP contribution in [0.15, 0.2) is 64.2 Å². The van der Waals surface area contributed by atoms with E-state index in [1.807, 2.05) is 6.07 Å². The molecule has 0 spiro atoms. The van der Waals surface area contributed by atoms with Crippen LogP contribution in [0, 0.1) is 0 Å². The first-order chi connectivity index (χ1) is 9.24. The number of para-hydroxylation sites is 1. The number of hydrogen-bond donors (Lipinski definition) is 0. The molecule has 0 saturated carbocycles. The molecule has 2 aromatic rings. The van der Waals surface area contributed by atoms with Gasteiger partial charge in [0.05, 0.1) is 11.7 Å². The first-order valence-electron chi connectivity index (χ1n) is 6.38. The Morgan fingerprint density at radius 2 is 1.74 bits per heavy atom. The molecule has 0 unspecified atom stereocenters. The first-order valence-corrected chi connectivity index (χ1v) is 7.17. The van der Waals surface area contributed by atoms with Gasteiger partial charge in [-0.15, -0.1) is 0 Å². The fourth-order valence-electron chi connectivity index (χ4n) is 2.42. The van der Waals surface area contributed by atoms with Gasteiger partial charge >= 0.3 is 0 Å². The van der Waals surface area contributed by atoms with Gasteiger partial charge in [0.1, 0.15) is 0 Å².